The number of anilines is 2. The van der Waals surface area contributed by atoms with Crippen molar-refractivity contribution in [3.63, 3.8) is 0 Å². The summed E-state index contributed by atoms with van der Waals surface area (Å²) in [5, 5.41) is 6.31. The van der Waals surface area contributed by atoms with E-state index in [1.54, 1.807) is 0 Å². The molecule has 3 aromatic carbocycles. The molecule has 2 unspecified atom stereocenters. The van der Waals surface area contributed by atoms with Crippen LogP contribution in [0.2, 0.25) is 0 Å². The molecule has 188 valence electrons. The molecule has 0 radical (unpaired) electrons. The number of nitrogens with zero attached hydrogens (tertiary/aromatic N) is 1. The second-order valence-electron chi connectivity index (χ2n) is 9.87. The Kier molecular flexibility index (Phi) is 6.66. The van der Waals surface area contributed by atoms with Crippen LogP contribution in [0.3, 0.4) is 0 Å². The number of rotatable bonds is 5. The van der Waals surface area contributed by atoms with E-state index in [2.05, 4.69) is 22.8 Å². The summed E-state index contributed by atoms with van der Waals surface area (Å²) in [5.41, 5.74) is 6.28. The maximum atomic E-state index is 13.7. The fraction of sp³-hybridized carbons (Fsp3) is 0.226. The van der Waals surface area contributed by atoms with Crippen molar-refractivity contribution < 1.29 is 14.0 Å². The number of carbonyl (C=O) groups is 2. The first-order valence-corrected chi connectivity index (χ1v) is 12.4. The molecule has 0 saturated carbocycles. The van der Waals surface area contributed by atoms with Gasteiger partial charge >= 0.3 is 0 Å². The third-order valence-corrected chi connectivity index (χ3v) is 7.19. The van der Waals surface area contributed by atoms with Crippen LogP contribution < -0.4 is 15.5 Å². The molecule has 1 amide bonds. The number of hydrogen-bond acceptors (Lipinski definition) is 4. The van der Waals surface area contributed by atoms with Crippen molar-refractivity contribution in [3.05, 3.63) is 118 Å². The normalized spacial score (nSPS) is 19.3. The van der Waals surface area contributed by atoms with Crippen LogP contribution in [0.1, 0.15) is 42.7 Å². The molecule has 0 fully saturated rings. The second kappa shape index (κ2) is 10.1. The highest BCUT2D eigenvalue weighted by atomic mass is 19.1. The number of ketones is 1. The second-order valence-corrected chi connectivity index (χ2v) is 9.87. The van der Waals surface area contributed by atoms with Crippen molar-refractivity contribution in [1.29, 1.82) is 0 Å². The van der Waals surface area contributed by atoms with Gasteiger partial charge in [0.1, 0.15) is 5.82 Å². The third kappa shape index (κ3) is 4.92. The molecule has 2 aliphatic rings. The topological polar surface area (TPSA) is 61.4 Å². The molecule has 1 heterocycles. The molecule has 1 aliphatic heterocycles. The first-order valence-electron chi connectivity index (χ1n) is 12.4. The zero-order valence-electron chi connectivity index (χ0n) is 21.2. The predicted molar refractivity (Wildman–Crippen MR) is 145 cm³/mol. The van der Waals surface area contributed by atoms with Gasteiger partial charge in [-0.25, -0.2) is 4.39 Å². The first-order chi connectivity index (χ1) is 17.8. The molecule has 0 aromatic heterocycles. The number of hydrogen-bond donors (Lipinski definition) is 2. The van der Waals surface area contributed by atoms with E-state index in [1.807, 2.05) is 68.4 Å². The van der Waals surface area contributed by atoms with E-state index >= 15 is 0 Å². The van der Waals surface area contributed by atoms with E-state index < -0.39 is 5.92 Å². The molecule has 0 bridgehead atoms. The molecule has 1 aliphatic carbocycles. The molecule has 3 aromatic rings. The van der Waals surface area contributed by atoms with Gasteiger partial charge in [-0.3, -0.25) is 9.59 Å². The van der Waals surface area contributed by atoms with E-state index in [9.17, 15) is 14.0 Å². The quantitative estimate of drug-likeness (QED) is 0.463. The Balaban J connectivity index is 1.56. The van der Waals surface area contributed by atoms with Crippen molar-refractivity contribution >= 4 is 23.1 Å². The number of carbonyl (C=O) groups excluding carboxylic acids is 2. The summed E-state index contributed by atoms with van der Waals surface area (Å²) >= 11 is 0. The van der Waals surface area contributed by atoms with E-state index in [0.717, 1.165) is 22.5 Å². The fourth-order valence-corrected chi connectivity index (χ4v) is 5.33. The van der Waals surface area contributed by atoms with Crippen molar-refractivity contribution in [2.75, 3.05) is 24.3 Å². The summed E-state index contributed by atoms with van der Waals surface area (Å²) < 4.78 is 13.4. The highest BCUT2D eigenvalue weighted by Gasteiger charge is 2.40. The Morgan fingerprint density at radius 2 is 1.59 bits per heavy atom. The maximum absolute atomic E-state index is 13.7. The van der Waals surface area contributed by atoms with Crippen LogP contribution in [0.4, 0.5) is 15.8 Å². The largest absolute Gasteiger partial charge is 0.378 e. The van der Waals surface area contributed by atoms with Crippen LogP contribution in [0.25, 0.3) is 0 Å². The number of nitrogens with one attached hydrogen (secondary N) is 2. The Bertz CT molecular complexity index is 1390. The number of Topliss-reactive ketones (excluding diaryl/α,β-unsaturated/α-hetero) is 1. The van der Waals surface area contributed by atoms with Crippen LogP contribution >= 0.6 is 0 Å². The van der Waals surface area contributed by atoms with Gasteiger partial charge in [-0.1, -0.05) is 42.5 Å². The van der Waals surface area contributed by atoms with Crippen LogP contribution in [0.5, 0.6) is 0 Å². The van der Waals surface area contributed by atoms with Gasteiger partial charge in [0, 0.05) is 60.3 Å². The zero-order chi connectivity index (χ0) is 26.1. The number of allylic oxidation sites excluding steroid dienone is 3. The van der Waals surface area contributed by atoms with E-state index in [1.165, 1.54) is 24.3 Å². The lowest BCUT2D eigenvalue weighted by atomic mass is 9.71. The van der Waals surface area contributed by atoms with Gasteiger partial charge in [0.05, 0.1) is 0 Å². The van der Waals surface area contributed by atoms with Crippen LogP contribution in [-0.2, 0) is 9.59 Å². The minimum absolute atomic E-state index is 0.0453. The van der Waals surface area contributed by atoms with Crippen LogP contribution in [0, 0.1) is 5.82 Å². The standard InChI is InChI=1S/C31H30FN3O2/c1-19-28(31(37)34-24-13-11-23(32)12-14-24)29(21-9-15-25(16-10-21)35(2)3)30-26(33-19)17-22(18-27(30)36)20-7-5-4-6-8-20/h4-16,22,29,33H,17-18H2,1-3H3,(H,34,37). The Morgan fingerprint density at radius 3 is 2.24 bits per heavy atom. The lowest BCUT2D eigenvalue weighted by Gasteiger charge is -2.37. The smallest absolute Gasteiger partial charge is 0.254 e. The molecule has 5 nitrogen and oxygen atoms in total. The first kappa shape index (κ1) is 24.5. The molecule has 5 rings (SSSR count). The van der Waals surface area contributed by atoms with E-state index in [0.29, 0.717) is 35.4 Å². The van der Waals surface area contributed by atoms with Gasteiger partial charge in [-0.15, -0.1) is 0 Å². The number of halogens is 1. The van der Waals surface area contributed by atoms with Gasteiger partial charge < -0.3 is 15.5 Å². The number of benzene rings is 3. The van der Waals surface area contributed by atoms with Crippen molar-refractivity contribution in [3.8, 4) is 0 Å². The third-order valence-electron chi connectivity index (χ3n) is 7.19. The van der Waals surface area contributed by atoms with Gasteiger partial charge in [-0.2, -0.15) is 0 Å². The van der Waals surface area contributed by atoms with E-state index in [4.69, 9.17) is 0 Å². The fourth-order valence-electron chi connectivity index (χ4n) is 5.33. The van der Waals surface area contributed by atoms with Gasteiger partial charge in [-0.05, 0) is 66.8 Å². The van der Waals surface area contributed by atoms with Crippen LogP contribution in [0.15, 0.2) is 101 Å². The molecule has 2 N–H and O–H groups in total. The van der Waals surface area contributed by atoms with Gasteiger partial charge in [0.25, 0.3) is 5.91 Å². The monoisotopic (exact) mass is 495 g/mol. The summed E-state index contributed by atoms with van der Waals surface area (Å²) in [6.45, 7) is 1.88. The lowest BCUT2D eigenvalue weighted by molar-refractivity contribution is -0.116. The average Bonchev–Trinajstić information content (AvgIpc) is 2.89. The molecule has 6 heteroatoms. The zero-order valence-corrected chi connectivity index (χ0v) is 21.2. The minimum Gasteiger partial charge on any atom is -0.378 e. The average molecular weight is 496 g/mol. The molecular weight excluding hydrogens is 465 g/mol. The van der Waals surface area contributed by atoms with Crippen molar-refractivity contribution in [2.24, 2.45) is 0 Å². The van der Waals surface area contributed by atoms with Crippen LogP contribution in [-0.4, -0.2) is 25.8 Å². The lowest BCUT2D eigenvalue weighted by Crippen LogP contribution is -2.37. The predicted octanol–water partition coefficient (Wildman–Crippen LogP) is 5.89. The molecule has 2 atom stereocenters. The maximum Gasteiger partial charge on any atom is 0.254 e. The SMILES string of the molecule is CC1=C(C(=O)Nc2ccc(F)cc2)C(c2ccc(N(C)C)cc2)C2=C(CC(c3ccccc3)CC2=O)N1. The van der Waals surface area contributed by atoms with Crippen molar-refractivity contribution in [2.45, 2.75) is 31.6 Å². The number of dihydropyridines is 1. The highest BCUT2D eigenvalue weighted by Crippen LogP contribution is 2.45. The Hall–Kier alpha value is -4.19. The van der Waals surface area contributed by atoms with E-state index in [-0.39, 0.29) is 23.4 Å². The Labute approximate surface area is 216 Å². The molecule has 37 heavy (non-hydrogen) atoms. The molecule has 0 spiro atoms. The summed E-state index contributed by atoms with van der Waals surface area (Å²) in [6, 6.07) is 23.8. The number of amides is 1. The summed E-state index contributed by atoms with van der Waals surface area (Å²) in [7, 11) is 3.94. The summed E-state index contributed by atoms with van der Waals surface area (Å²) in [5.74, 6) is -1.06. The minimum atomic E-state index is -0.503. The molecular formula is C31H30FN3O2. The molecule has 0 saturated heterocycles. The van der Waals surface area contributed by atoms with Gasteiger partial charge in [0.2, 0.25) is 0 Å². The van der Waals surface area contributed by atoms with Gasteiger partial charge in [0.15, 0.2) is 5.78 Å². The summed E-state index contributed by atoms with van der Waals surface area (Å²) in [4.78, 5) is 29.4. The highest BCUT2D eigenvalue weighted by molar-refractivity contribution is 6.10. The Morgan fingerprint density at radius 1 is 0.919 bits per heavy atom. The summed E-state index contributed by atoms with van der Waals surface area (Å²) in [6.07, 6.45) is 1.09. The van der Waals surface area contributed by atoms with Crippen molar-refractivity contribution in [1.82, 2.24) is 5.32 Å².